The molecule has 0 aliphatic rings. The van der Waals surface area contributed by atoms with E-state index in [2.05, 4.69) is 10.3 Å². The van der Waals surface area contributed by atoms with Crippen molar-refractivity contribution in [2.75, 3.05) is 11.1 Å². The van der Waals surface area contributed by atoms with Crippen LogP contribution in [0.4, 0.5) is 10.8 Å². The fourth-order valence-corrected chi connectivity index (χ4v) is 2.93. The minimum Gasteiger partial charge on any atom is -0.478 e. The van der Waals surface area contributed by atoms with Gasteiger partial charge in [0.1, 0.15) is 0 Å². The lowest BCUT2D eigenvalue weighted by Gasteiger charge is -2.01. The van der Waals surface area contributed by atoms with Crippen molar-refractivity contribution in [1.29, 1.82) is 0 Å². The molecular formula is C16H17N3O3S. The largest absolute Gasteiger partial charge is 0.478 e. The van der Waals surface area contributed by atoms with Crippen LogP contribution >= 0.6 is 11.3 Å². The van der Waals surface area contributed by atoms with E-state index in [1.807, 2.05) is 24.3 Å². The van der Waals surface area contributed by atoms with Crippen molar-refractivity contribution in [3.05, 3.63) is 46.5 Å². The highest BCUT2D eigenvalue weighted by Crippen LogP contribution is 2.26. The van der Waals surface area contributed by atoms with E-state index in [0.29, 0.717) is 17.2 Å². The number of carbonyl (C=O) groups is 2. The number of benzene rings is 1. The number of nitrogen functional groups attached to an aromatic ring is 1. The van der Waals surface area contributed by atoms with Crippen LogP contribution in [0.2, 0.25) is 0 Å². The Morgan fingerprint density at radius 3 is 2.61 bits per heavy atom. The predicted octanol–water partition coefficient (Wildman–Crippen LogP) is 2.57. The number of rotatable bonds is 6. The van der Waals surface area contributed by atoms with Gasteiger partial charge in [0.25, 0.3) is 0 Å². The second kappa shape index (κ2) is 7.55. The molecule has 23 heavy (non-hydrogen) atoms. The number of nitrogens with two attached hydrogens (primary N) is 1. The van der Waals surface area contributed by atoms with Gasteiger partial charge in [0.15, 0.2) is 5.13 Å². The minimum atomic E-state index is -1.02. The first-order chi connectivity index (χ1) is 10.9. The van der Waals surface area contributed by atoms with Crippen LogP contribution in [0, 0.1) is 0 Å². The standard InChI is InChI=1S/C16H17N3O3S/c1-10(20)18-16-19-13(14(23-16)8-9-15(21)22)7-4-11-2-5-12(17)6-3-11/h2-3,5-6,8-9H,4,7,17H2,1H3,(H,21,22)(H,18,19,20). The Morgan fingerprint density at radius 2 is 2.00 bits per heavy atom. The molecular weight excluding hydrogens is 314 g/mol. The summed E-state index contributed by atoms with van der Waals surface area (Å²) in [6.07, 6.45) is 3.96. The van der Waals surface area contributed by atoms with Gasteiger partial charge in [-0.1, -0.05) is 23.5 Å². The van der Waals surface area contributed by atoms with Gasteiger partial charge in [-0.2, -0.15) is 0 Å². The van der Waals surface area contributed by atoms with Crippen molar-refractivity contribution in [3.8, 4) is 0 Å². The Balaban J connectivity index is 2.16. The van der Waals surface area contributed by atoms with E-state index >= 15 is 0 Å². The number of amides is 1. The van der Waals surface area contributed by atoms with Crippen LogP contribution < -0.4 is 11.1 Å². The first-order valence-corrected chi connectivity index (χ1v) is 7.78. The molecule has 0 fully saturated rings. The second-order valence-corrected chi connectivity index (χ2v) is 5.95. The van der Waals surface area contributed by atoms with Crippen LogP contribution in [-0.4, -0.2) is 22.0 Å². The molecule has 0 aliphatic carbocycles. The molecule has 0 bridgehead atoms. The first kappa shape index (κ1) is 16.7. The zero-order valence-electron chi connectivity index (χ0n) is 12.6. The maximum atomic E-state index is 11.1. The van der Waals surface area contributed by atoms with Crippen molar-refractivity contribution >= 4 is 40.1 Å². The third-order valence-corrected chi connectivity index (χ3v) is 4.00. The summed E-state index contributed by atoms with van der Waals surface area (Å²) < 4.78 is 0. The van der Waals surface area contributed by atoms with E-state index in [-0.39, 0.29) is 5.91 Å². The highest BCUT2D eigenvalue weighted by molar-refractivity contribution is 7.16. The van der Waals surface area contributed by atoms with E-state index in [0.717, 1.165) is 28.6 Å². The summed E-state index contributed by atoms with van der Waals surface area (Å²) >= 11 is 1.25. The van der Waals surface area contributed by atoms with Crippen molar-refractivity contribution < 1.29 is 14.7 Å². The number of anilines is 2. The summed E-state index contributed by atoms with van der Waals surface area (Å²) in [7, 11) is 0. The number of aromatic nitrogens is 1. The molecule has 1 aromatic heterocycles. The Labute approximate surface area is 137 Å². The third kappa shape index (κ3) is 5.23. The fourth-order valence-electron chi connectivity index (χ4n) is 1.97. The average Bonchev–Trinajstić information content (AvgIpc) is 2.85. The van der Waals surface area contributed by atoms with Gasteiger partial charge in [0.05, 0.1) is 10.6 Å². The lowest BCUT2D eigenvalue weighted by molar-refractivity contribution is -0.131. The first-order valence-electron chi connectivity index (χ1n) is 6.97. The molecule has 0 unspecified atom stereocenters. The molecule has 120 valence electrons. The summed E-state index contributed by atoms with van der Waals surface area (Å²) in [6, 6.07) is 7.57. The summed E-state index contributed by atoms with van der Waals surface area (Å²) in [6.45, 7) is 1.40. The molecule has 2 rings (SSSR count). The highest BCUT2D eigenvalue weighted by atomic mass is 32.1. The van der Waals surface area contributed by atoms with Gasteiger partial charge in [-0.15, -0.1) is 0 Å². The molecule has 1 amide bonds. The SMILES string of the molecule is CC(=O)Nc1nc(CCc2ccc(N)cc2)c(C=CC(=O)O)s1. The molecule has 4 N–H and O–H groups in total. The molecule has 7 heteroatoms. The number of aliphatic carboxylic acids is 1. The summed E-state index contributed by atoms with van der Waals surface area (Å²) in [5.41, 5.74) is 8.24. The summed E-state index contributed by atoms with van der Waals surface area (Å²) in [4.78, 5) is 26.9. The van der Waals surface area contributed by atoms with E-state index in [4.69, 9.17) is 10.8 Å². The van der Waals surface area contributed by atoms with Gasteiger partial charge in [0, 0.05) is 18.7 Å². The number of nitrogens with zero attached hydrogens (tertiary/aromatic N) is 1. The molecule has 6 nitrogen and oxygen atoms in total. The van der Waals surface area contributed by atoms with E-state index in [9.17, 15) is 9.59 Å². The Kier molecular flexibility index (Phi) is 5.48. The molecule has 0 saturated heterocycles. The topological polar surface area (TPSA) is 105 Å². The smallest absolute Gasteiger partial charge is 0.328 e. The van der Waals surface area contributed by atoms with Crippen LogP contribution in [0.1, 0.15) is 23.1 Å². The molecule has 0 aliphatic heterocycles. The monoisotopic (exact) mass is 331 g/mol. The van der Waals surface area contributed by atoms with E-state index in [1.54, 1.807) is 0 Å². The van der Waals surface area contributed by atoms with Gasteiger partial charge >= 0.3 is 5.97 Å². The van der Waals surface area contributed by atoms with Gasteiger partial charge in [0.2, 0.25) is 5.91 Å². The van der Waals surface area contributed by atoms with E-state index in [1.165, 1.54) is 24.3 Å². The number of hydrogen-bond acceptors (Lipinski definition) is 5. The van der Waals surface area contributed by atoms with Gasteiger partial charge in [-0.25, -0.2) is 9.78 Å². The van der Waals surface area contributed by atoms with Crippen molar-refractivity contribution in [2.45, 2.75) is 19.8 Å². The second-order valence-electron chi connectivity index (χ2n) is 4.92. The predicted molar refractivity (Wildman–Crippen MR) is 91.3 cm³/mol. The highest BCUT2D eigenvalue weighted by Gasteiger charge is 2.11. The van der Waals surface area contributed by atoms with Crippen LogP contribution in [-0.2, 0) is 22.4 Å². The lowest BCUT2D eigenvalue weighted by atomic mass is 10.1. The quantitative estimate of drug-likeness (QED) is 0.557. The van der Waals surface area contributed by atoms with Gasteiger partial charge in [-0.3, -0.25) is 4.79 Å². The minimum absolute atomic E-state index is 0.211. The van der Waals surface area contributed by atoms with Crippen LogP contribution in [0.25, 0.3) is 6.08 Å². The molecule has 0 spiro atoms. The van der Waals surface area contributed by atoms with Crippen molar-refractivity contribution in [3.63, 3.8) is 0 Å². The molecule has 1 aromatic carbocycles. The maximum Gasteiger partial charge on any atom is 0.328 e. The zero-order chi connectivity index (χ0) is 16.8. The number of carbonyl (C=O) groups excluding carboxylic acids is 1. The van der Waals surface area contributed by atoms with Crippen molar-refractivity contribution in [2.24, 2.45) is 0 Å². The maximum absolute atomic E-state index is 11.1. The summed E-state index contributed by atoms with van der Waals surface area (Å²) in [5, 5.41) is 11.9. The molecule has 0 radical (unpaired) electrons. The van der Waals surface area contributed by atoms with Crippen LogP contribution in [0.3, 0.4) is 0 Å². The normalized spacial score (nSPS) is 10.8. The van der Waals surface area contributed by atoms with E-state index < -0.39 is 5.97 Å². The molecule has 0 saturated carbocycles. The summed E-state index contributed by atoms with van der Waals surface area (Å²) in [5.74, 6) is -1.23. The van der Waals surface area contributed by atoms with Crippen molar-refractivity contribution in [1.82, 2.24) is 4.98 Å². The number of carboxylic acids is 1. The molecule has 1 heterocycles. The van der Waals surface area contributed by atoms with Gasteiger partial charge in [-0.05, 0) is 36.6 Å². The number of thiazole rings is 1. The van der Waals surface area contributed by atoms with Gasteiger partial charge < -0.3 is 16.2 Å². The third-order valence-electron chi connectivity index (χ3n) is 3.02. The molecule has 0 atom stereocenters. The number of aryl methyl sites for hydroxylation is 2. The zero-order valence-corrected chi connectivity index (χ0v) is 13.4. The molecule has 2 aromatic rings. The van der Waals surface area contributed by atoms with Crippen LogP contribution in [0.15, 0.2) is 30.3 Å². The fraction of sp³-hybridized carbons (Fsp3) is 0.188. The number of carboxylic acid groups (broad SMARTS) is 1. The lowest BCUT2D eigenvalue weighted by Crippen LogP contribution is -2.05. The Hall–Kier alpha value is -2.67. The number of nitrogens with one attached hydrogen (secondary N) is 1. The Morgan fingerprint density at radius 1 is 1.30 bits per heavy atom. The average molecular weight is 331 g/mol. The Bertz CT molecular complexity index is 736. The van der Waals surface area contributed by atoms with Crippen LogP contribution in [0.5, 0.6) is 0 Å². The number of hydrogen-bond donors (Lipinski definition) is 3.